The van der Waals surface area contributed by atoms with Crippen molar-refractivity contribution < 1.29 is 24.2 Å². The first-order valence-corrected chi connectivity index (χ1v) is 14.3. The van der Waals surface area contributed by atoms with Crippen molar-refractivity contribution >= 4 is 27.7 Å². The molecule has 2 N–H and O–H groups in total. The van der Waals surface area contributed by atoms with Crippen molar-refractivity contribution in [3.05, 3.63) is 116 Å². The normalized spacial score (nSPS) is 18.7. The molecule has 0 radical (unpaired) electrons. The third-order valence-electron chi connectivity index (χ3n) is 7.47. The van der Waals surface area contributed by atoms with Crippen molar-refractivity contribution in [3.63, 3.8) is 0 Å². The van der Waals surface area contributed by atoms with Crippen LogP contribution in [0, 0.1) is 0 Å². The molecule has 0 aromatic heterocycles. The molecule has 206 valence electrons. The molecule has 7 heteroatoms. The summed E-state index contributed by atoms with van der Waals surface area (Å²) in [5.41, 5.74) is 5.27. The highest BCUT2D eigenvalue weighted by atomic mass is 79.9. The summed E-state index contributed by atoms with van der Waals surface area (Å²) in [4.78, 5) is 27.5. The quantitative estimate of drug-likeness (QED) is 0.279. The van der Waals surface area contributed by atoms with E-state index in [1.807, 2.05) is 74.5 Å². The standard InChI is InChI=1S/C33H32BrNO5/c1-3-39-28-19-24(16-25(34)32(28)37)30-29(33(38)40-15-14-21-10-6-4-7-11-21)20(2)35-26-17-23(18-27(36)31(26)30)22-12-8-5-9-13-22/h4-13,16,19,23,30,35,37H,3,14-15,17-18H2,1-2H3/t23-,30-/m1/s1. The second-order valence-corrected chi connectivity index (χ2v) is 10.9. The molecule has 0 fully saturated rings. The van der Waals surface area contributed by atoms with Gasteiger partial charge in [0.25, 0.3) is 0 Å². The van der Waals surface area contributed by atoms with Crippen LogP contribution in [0.3, 0.4) is 0 Å². The molecule has 0 saturated heterocycles. The van der Waals surface area contributed by atoms with Crippen LogP contribution in [0.2, 0.25) is 0 Å². The van der Waals surface area contributed by atoms with Crippen molar-refractivity contribution in [2.75, 3.05) is 13.2 Å². The number of phenols is 1. The van der Waals surface area contributed by atoms with Gasteiger partial charge in [0.2, 0.25) is 0 Å². The Morgan fingerprint density at radius 2 is 1.73 bits per heavy atom. The predicted octanol–water partition coefficient (Wildman–Crippen LogP) is 6.70. The number of esters is 1. The maximum absolute atomic E-state index is 13.9. The highest BCUT2D eigenvalue weighted by molar-refractivity contribution is 9.10. The summed E-state index contributed by atoms with van der Waals surface area (Å²) in [6.45, 7) is 4.25. The van der Waals surface area contributed by atoms with Gasteiger partial charge in [-0.1, -0.05) is 60.7 Å². The molecule has 2 atom stereocenters. The van der Waals surface area contributed by atoms with E-state index >= 15 is 0 Å². The molecule has 0 amide bonds. The number of allylic oxidation sites excluding steroid dienone is 3. The Kier molecular flexibility index (Phi) is 8.40. The van der Waals surface area contributed by atoms with E-state index in [0.717, 1.165) is 16.8 Å². The number of benzene rings is 3. The lowest BCUT2D eigenvalue weighted by Gasteiger charge is -2.37. The number of hydrogen-bond acceptors (Lipinski definition) is 6. The minimum atomic E-state index is -0.666. The molecule has 2 aliphatic rings. The molecule has 3 aromatic carbocycles. The zero-order chi connectivity index (χ0) is 28.2. The zero-order valence-electron chi connectivity index (χ0n) is 22.6. The Morgan fingerprint density at radius 3 is 2.42 bits per heavy atom. The Hall–Kier alpha value is -3.84. The summed E-state index contributed by atoms with van der Waals surface area (Å²) in [6.07, 6.45) is 1.57. The van der Waals surface area contributed by atoms with Gasteiger partial charge in [0.1, 0.15) is 0 Å². The van der Waals surface area contributed by atoms with Gasteiger partial charge in [-0.05, 0) is 70.9 Å². The minimum Gasteiger partial charge on any atom is -0.503 e. The number of carbonyl (C=O) groups is 2. The van der Waals surface area contributed by atoms with Gasteiger partial charge >= 0.3 is 5.97 Å². The summed E-state index contributed by atoms with van der Waals surface area (Å²) in [6, 6.07) is 23.3. The molecule has 0 spiro atoms. The van der Waals surface area contributed by atoms with Gasteiger partial charge in [-0.15, -0.1) is 0 Å². The first-order chi connectivity index (χ1) is 19.4. The van der Waals surface area contributed by atoms with Crippen LogP contribution in [-0.2, 0) is 20.7 Å². The van der Waals surface area contributed by atoms with Crippen LogP contribution < -0.4 is 10.1 Å². The highest BCUT2D eigenvalue weighted by Crippen LogP contribution is 2.48. The topological polar surface area (TPSA) is 84.9 Å². The number of nitrogens with one attached hydrogen (secondary N) is 1. The molecule has 1 heterocycles. The molecule has 0 bridgehead atoms. The van der Waals surface area contributed by atoms with Crippen molar-refractivity contribution in [2.24, 2.45) is 0 Å². The van der Waals surface area contributed by atoms with Crippen LogP contribution in [-0.4, -0.2) is 30.1 Å². The van der Waals surface area contributed by atoms with Crippen LogP contribution in [0.4, 0.5) is 0 Å². The number of halogens is 1. The minimum absolute atomic E-state index is 0.0168. The second-order valence-electron chi connectivity index (χ2n) is 10.1. The van der Waals surface area contributed by atoms with Gasteiger partial charge in [0, 0.05) is 35.7 Å². The molecule has 0 saturated carbocycles. The number of phenolic OH excluding ortho intramolecular Hbond substituents is 1. The summed E-state index contributed by atoms with van der Waals surface area (Å²) in [5.74, 6) is -0.860. The summed E-state index contributed by atoms with van der Waals surface area (Å²) >= 11 is 3.44. The smallest absolute Gasteiger partial charge is 0.336 e. The van der Waals surface area contributed by atoms with Gasteiger partial charge in [-0.2, -0.15) is 0 Å². The fourth-order valence-corrected chi connectivity index (χ4v) is 6.07. The van der Waals surface area contributed by atoms with E-state index in [-0.39, 0.29) is 29.8 Å². The lowest BCUT2D eigenvalue weighted by Crippen LogP contribution is -2.36. The number of carbonyl (C=O) groups excluding carboxylic acids is 2. The number of aromatic hydroxyl groups is 1. The zero-order valence-corrected chi connectivity index (χ0v) is 24.2. The fraction of sp³-hybridized carbons (Fsp3) is 0.273. The number of ether oxygens (including phenoxy) is 2. The molecule has 5 rings (SSSR count). The van der Waals surface area contributed by atoms with E-state index in [9.17, 15) is 14.7 Å². The molecule has 0 unspecified atom stereocenters. The molecular formula is C33H32BrNO5. The van der Waals surface area contributed by atoms with Crippen LogP contribution >= 0.6 is 15.9 Å². The fourth-order valence-electron chi connectivity index (χ4n) is 5.61. The average molecular weight is 603 g/mol. The lowest BCUT2D eigenvalue weighted by atomic mass is 9.71. The van der Waals surface area contributed by atoms with Crippen molar-refractivity contribution in [1.82, 2.24) is 5.32 Å². The van der Waals surface area contributed by atoms with E-state index in [2.05, 4.69) is 21.2 Å². The Labute approximate surface area is 242 Å². The SMILES string of the molecule is CCOc1cc([C@@H]2C(C(=O)OCCc3ccccc3)=C(C)NC3=C2C(=O)C[C@H](c2ccccc2)C3)cc(Br)c1O. The lowest BCUT2D eigenvalue weighted by molar-refractivity contribution is -0.139. The van der Waals surface area contributed by atoms with E-state index in [1.165, 1.54) is 0 Å². The average Bonchev–Trinajstić information content (AvgIpc) is 2.95. The van der Waals surface area contributed by atoms with Gasteiger partial charge in [0.05, 0.1) is 23.3 Å². The van der Waals surface area contributed by atoms with Crippen molar-refractivity contribution in [2.45, 2.75) is 44.9 Å². The monoisotopic (exact) mass is 601 g/mol. The maximum Gasteiger partial charge on any atom is 0.336 e. The molecule has 1 aliphatic carbocycles. The molecular weight excluding hydrogens is 570 g/mol. The Morgan fingerprint density at radius 1 is 1.02 bits per heavy atom. The first kappa shape index (κ1) is 27.7. The number of ketones is 1. The number of hydrogen-bond donors (Lipinski definition) is 2. The van der Waals surface area contributed by atoms with Crippen molar-refractivity contribution in [3.8, 4) is 11.5 Å². The highest BCUT2D eigenvalue weighted by Gasteiger charge is 2.42. The molecule has 40 heavy (non-hydrogen) atoms. The summed E-state index contributed by atoms with van der Waals surface area (Å²) in [5, 5.41) is 14.0. The largest absolute Gasteiger partial charge is 0.503 e. The predicted molar refractivity (Wildman–Crippen MR) is 157 cm³/mol. The number of Topliss-reactive ketones (excluding diaryl/α,β-unsaturated/α-hetero) is 1. The van der Waals surface area contributed by atoms with Gasteiger partial charge in [-0.3, -0.25) is 4.79 Å². The van der Waals surface area contributed by atoms with Gasteiger partial charge in [0.15, 0.2) is 17.3 Å². The molecule has 1 aliphatic heterocycles. The third kappa shape index (κ3) is 5.70. The van der Waals surface area contributed by atoms with Crippen LogP contribution in [0.5, 0.6) is 11.5 Å². The summed E-state index contributed by atoms with van der Waals surface area (Å²) in [7, 11) is 0. The first-order valence-electron chi connectivity index (χ1n) is 13.5. The van der Waals surface area contributed by atoms with E-state index in [1.54, 1.807) is 12.1 Å². The van der Waals surface area contributed by atoms with Crippen LogP contribution in [0.1, 0.15) is 55.2 Å². The van der Waals surface area contributed by atoms with E-state index in [4.69, 9.17) is 9.47 Å². The number of dihydropyridines is 1. The van der Waals surface area contributed by atoms with Crippen LogP contribution in [0.15, 0.2) is 99.8 Å². The third-order valence-corrected chi connectivity index (χ3v) is 8.07. The molecule has 6 nitrogen and oxygen atoms in total. The Bertz CT molecular complexity index is 1480. The van der Waals surface area contributed by atoms with Crippen molar-refractivity contribution in [1.29, 1.82) is 0 Å². The van der Waals surface area contributed by atoms with Crippen LogP contribution in [0.25, 0.3) is 0 Å². The molecule has 3 aromatic rings. The Balaban J connectivity index is 1.53. The number of rotatable bonds is 8. The van der Waals surface area contributed by atoms with E-state index < -0.39 is 11.9 Å². The second kappa shape index (κ2) is 12.1. The van der Waals surface area contributed by atoms with Gasteiger partial charge < -0.3 is 19.9 Å². The summed E-state index contributed by atoms with van der Waals surface area (Å²) < 4.78 is 11.9. The maximum atomic E-state index is 13.9. The van der Waals surface area contributed by atoms with E-state index in [0.29, 0.717) is 52.7 Å². The van der Waals surface area contributed by atoms with Gasteiger partial charge in [-0.25, -0.2) is 4.79 Å².